The molecule has 0 spiro atoms. The summed E-state index contributed by atoms with van der Waals surface area (Å²) in [5, 5.41) is 3.31. The molecule has 29 heavy (non-hydrogen) atoms. The molecular weight excluding hydrogens is 381 g/mol. The molecular formula is C24H53NO3P+. The molecule has 0 aliphatic rings. The average molecular weight is 435 g/mol. The lowest BCUT2D eigenvalue weighted by molar-refractivity contribution is 0.225. The molecule has 0 fully saturated rings. The van der Waals surface area contributed by atoms with Gasteiger partial charge in [0.05, 0.1) is 6.61 Å². The summed E-state index contributed by atoms with van der Waals surface area (Å²) < 4.78 is 5.19. The molecule has 0 atom stereocenters. The molecule has 3 N–H and O–H groups in total. The van der Waals surface area contributed by atoms with Crippen molar-refractivity contribution in [2.24, 2.45) is 0 Å². The number of rotatable bonds is 24. The first-order valence-electron chi connectivity index (χ1n) is 12.8. The summed E-state index contributed by atoms with van der Waals surface area (Å²) in [6.07, 6.45) is 24.5. The van der Waals surface area contributed by atoms with Crippen molar-refractivity contribution < 1.29 is 14.3 Å². The Labute approximate surface area is 183 Å². The van der Waals surface area contributed by atoms with Crippen molar-refractivity contribution in [3.8, 4) is 0 Å². The van der Waals surface area contributed by atoms with Crippen LogP contribution in [0, 0.1) is 0 Å². The maximum atomic E-state index is 9.79. The van der Waals surface area contributed by atoms with Crippen LogP contribution in [-0.4, -0.2) is 35.6 Å². The summed E-state index contributed by atoms with van der Waals surface area (Å²) in [5.74, 6) is 0. The molecule has 0 saturated carbocycles. The van der Waals surface area contributed by atoms with Gasteiger partial charge in [0, 0.05) is 6.54 Å². The highest BCUT2D eigenvalue weighted by Crippen LogP contribution is 2.50. The second-order valence-corrected chi connectivity index (χ2v) is 10.7. The van der Waals surface area contributed by atoms with Crippen molar-refractivity contribution in [1.82, 2.24) is 5.32 Å². The van der Waals surface area contributed by atoms with Crippen molar-refractivity contribution in [2.45, 2.75) is 129 Å². The van der Waals surface area contributed by atoms with Crippen LogP contribution in [0.1, 0.15) is 129 Å². The van der Waals surface area contributed by atoms with Gasteiger partial charge in [-0.3, -0.25) is 0 Å². The van der Waals surface area contributed by atoms with Gasteiger partial charge in [0.25, 0.3) is 0 Å². The number of unbranched alkanes of at least 4 members (excludes halogenated alkanes) is 16. The summed E-state index contributed by atoms with van der Waals surface area (Å²) in [6, 6.07) is 0. The monoisotopic (exact) mass is 434 g/mol. The van der Waals surface area contributed by atoms with Crippen molar-refractivity contribution in [3.63, 3.8) is 0 Å². The maximum absolute atomic E-state index is 9.79. The van der Waals surface area contributed by atoms with E-state index in [0.717, 1.165) is 19.4 Å². The van der Waals surface area contributed by atoms with E-state index in [1.807, 2.05) is 0 Å². The molecule has 0 aliphatic heterocycles. The van der Waals surface area contributed by atoms with Gasteiger partial charge in [0.2, 0.25) is 0 Å². The van der Waals surface area contributed by atoms with E-state index >= 15 is 0 Å². The molecule has 0 heterocycles. The van der Waals surface area contributed by atoms with Crippen molar-refractivity contribution in [3.05, 3.63) is 0 Å². The minimum atomic E-state index is -3.13. The van der Waals surface area contributed by atoms with E-state index in [4.69, 9.17) is 4.52 Å². The maximum Gasteiger partial charge on any atom is 0.407 e. The fourth-order valence-corrected chi connectivity index (χ4v) is 4.57. The van der Waals surface area contributed by atoms with Gasteiger partial charge < -0.3 is 5.32 Å². The van der Waals surface area contributed by atoms with Crippen LogP contribution >= 0.6 is 7.94 Å². The van der Waals surface area contributed by atoms with Crippen LogP contribution in [0.2, 0.25) is 0 Å². The first-order valence-corrected chi connectivity index (χ1v) is 14.6. The molecule has 0 unspecified atom stereocenters. The zero-order valence-corrected chi connectivity index (χ0v) is 20.7. The Bertz CT molecular complexity index is 317. The Hall–Kier alpha value is 0.270. The van der Waals surface area contributed by atoms with Crippen molar-refractivity contribution in [2.75, 3.05) is 25.9 Å². The fourth-order valence-electron chi connectivity index (χ4n) is 3.57. The summed E-state index contributed by atoms with van der Waals surface area (Å²) in [5.41, 5.74) is 0. The summed E-state index contributed by atoms with van der Waals surface area (Å²) in [7, 11) is -3.13. The highest BCUT2D eigenvalue weighted by molar-refractivity contribution is 7.59. The molecule has 0 bridgehead atoms. The van der Waals surface area contributed by atoms with E-state index in [1.54, 1.807) is 0 Å². The van der Waals surface area contributed by atoms with Gasteiger partial charge in [0.15, 0.2) is 6.16 Å². The van der Waals surface area contributed by atoms with E-state index < -0.39 is 7.94 Å². The van der Waals surface area contributed by atoms with Crippen LogP contribution in [0.3, 0.4) is 0 Å². The summed E-state index contributed by atoms with van der Waals surface area (Å²) >= 11 is 0. The van der Waals surface area contributed by atoms with Gasteiger partial charge in [-0.1, -0.05) is 117 Å². The summed E-state index contributed by atoms with van der Waals surface area (Å²) in [6.45, 7) is 6.40. The van der Waals surface area contributed by atoms with Gasteiger partial charge in [-0.2, -0.15) is 14.3 Å². The Balaban J connectivity index is 3.15. The van der Waals surface area contributed by atoms with Crippen LogP contribution < -0.4 is 5.32 Å². The highest BCUT2D eigenvalue weighted by atomic mass is 31.2. The third-order valence-electron chi connectivity index (χ3n) is 5.58. The average Bonchev–Trinajstić information content (AvgIpc) is 2.70. The quantitative estimate of drug-likeness (QED) is 0.109. The molecule has 0 aromatic rings. The second-order valence-electron chi connectivity index (χ2n) is 8.63. The molecule has 0 aromatic heterocycles. The Morgan fingerprint density at radius 2 is 0.966 bits per heavy atom. The largest absolute Gasteiger partial charge is 0.407 e. The number of hydrogen-bond acceptors (Lipinski definition) is 4. The molecule has 5 heteroatoms. The molecule has 0 rings (SSSR count). The van der Waals surface area contributed by atoms with E-state index in [2.05, 4.69) is 19.2 Å². The standard InChI is InChI=1S/C24H53NO3P/c1-3-5-7-8-9-10-11-12-13-14-15-16-17-18-19-20-21-25-22-24-29(26,27)28-23-6-4-2/h25-27H,3-24H2,1-2H3/q+1. The third kappa shape index (κ3) is 24.4. The van der Waals surface area contributed by atoms with Crippen molar-refractivity contribution in [1.29, 1.82) is 0 Å². The van der Waals surface area contributed by atoms with Crippen LogP contribution in [0.25, 0.3) is 0 Å². The first-order chi connectivity index (χ1) is 14.1. The predicted octanol–water partition coefficient (Wildman–Crippen LogP) is 7.40. The van der Waals surface area contributed by atoms with Gasteiger partial charge in [0.1, 0.15) is 0 Å². The van der Waals surface area contributed by atoms with E-state index in [-0.39, 0.29) is 0 Å². The Kier molecular flexibility index (Phi) is 23.2. The van der Waals surface area contributed by atoms with Gasteiger partial charge in [-0.25, -0.2) is 0 Å². The molecule has 0 aromatic carbocycles. The Morgan fingerprint density at radius 1 is 0.552 bits per heavy atom. The lowest BCUT2D eigenvalue weighted by atomic mass is 10.0. The zero-order chi connectivity index (χ0) is 21.5. The van der Waals surface area contributed by atoms with E-state index in [1.165, 1.54) is 103 Å². The lowest BCUT2D eigenvalue weighted by Crippen LogP contribution is -2.21. The Morgan fingerprint density at radius 3 is 1.41 bits per heavy atom. The van der Waals surface area contributed by atoms with Gasteiger partial charge in [-0.05, 0) is 19.4 Å². The van der Waals surface area contributed by atoms with Crippen LogP contribution in [-0.2, 0) is 4.52 Å². The molecule has 4 nitrogen and oxygen atoms in total. The number of nitrogens with one attached hydrogen (secondary N) is 1. The minimum Gasteiger partial charge on any atom is -0.313 e. The molecule has 0 radical (unpaired) electrons. The fraction of sp³-hybridized carbons (Fsp3) is 1.00. The lowest BCUT2D eigenvalue weighted by Gasteiger charge is -2.11. The smallest absolute Gasteiger partial charge is 0.313 e. The van der Waals surface area contributed by atoms with Gasteiger partial charge in [-0.15, -0.1) is 0 Å². The third-order valence-corrected chi connectivity index (χ3v) is 6.99. The molecule has 0 amide bonds. The minimum absolute atomic E-state index is 0.329. The normalized spacial score (nSPS) is 12.0. The van der Waals surface area contributed by atoms with Crippen LogP contribution in [0.4, 0.5) is 0 Å². The van der Waals surface area contributed by atoms with Crippen LogP contribution in [0.5, 0.6) is 0 Å². The van der Waals surface area contributed by atoms with E-state index in [0.29, 0.717) is 19.3 Å². The summed E-state index contributed by atoms with van der Waals surface area (Å²) in [4.78, 5) is 19.6. The zero-order valence-electron chi connectivity index (χ0n) is 19.8. The second kappa shape index (κ2) is 22.9. The topological polar surface area (TPSA) is 61.7 Å². The highest BCUT2D eigenvalue weighted by Gasteiger charge is 2.34. The van der Waals surface area contributed by atoms with Crippen LogP contribution in [0.15, 0.2) is 0 Å². The van der Waals surface area contributed by atoms with Gasteiger partial charge >= 0.3 is 7.94 Å². The first kappa shape index (κ1) is 29.3. The van der Waals surface area contributed by atoms with Crippen molar-refractivity contribution >= 4 is 7.94 Å². The molecule has 176 valence electrons. The predicted molar refractivity (Wildman–Crippen MR) is 130 cm³/mol. The SMILES string of the molecule is CCCCCCCCCCCCCCCCCCNCC[P+](O)(O)OCCCC. The molecule has 0 aliphatic carbocycles. The number of hydrogen-bond donors (Lipinski definition) is 3. The van der Waals surface area contributed by atoms with E-state index in [9.17, 15) is 9.79 Å². The molecule has 0 saturated heterocycles.